The molecule has 1 atom stereocenters. The highest BCUT2D eigenvalue weighted by molar-refractivity contribution is 5.88. The topological polar surface area (TPSA) is 61.4 Å². The standard InChI is InChI=1S/C24H31N3O2/c1-18-5-3-4-14-27(18)17-22-8-6-21(7-9-22)16-25-24(29)15-20-10-12-23(13-11-20)26-19(2)28/h6-13,18H,3-5,14-17H2,1-2H3,(H,25,29)(H,26,28)/t18-/m0/s1. The monoisotopic (exact) mass is 393 g/mol. The Bertz CT molecular complexity index is 815. The van der Waals surface area contributed by atoms with Gasteiger partial charge in [0.25, 0.3) is 0 Å². The molecule has 2 N–H and O–H groups in total. The highest BCUT2D eigenvalue weighted by Crippen LogP contribution is 2.19. The van der Waals surface area contributed by atoms with Crippen molar-refractivity contribution in [3.63, 3.8) is 0 Å². The number of amides is 2. The van der Waals surface area contributed by atoms with Gasteiger partial charge >= 0.3 is 0 Å². The van der Waals surface area contributed by atoms with Gasteiger partial charge in [0, 0.05) is 31.7 Å². The van der Waals surface area contributed by atoms with Crippen LogP contribution in [0.5, 0.6) is 0 Å². The van der Waals surface area contributed by atoms with Crippen molar-refractivity contribution in [2.24, 2.45) is 0 Å². The third-order valence-corrected chi connectivity index (χ3v) is 5.48. The summed E-state index contributed by atoms with van der Waals surface area (Å²) in [5.41, 5.74) is 4.09. The zero-order chi connectivity index (χ0) is 20.6. The molecule has 0 aromatic heterocycles. The van der Waals surface area contributed by atoms with Crippen molar-refractivity contribution in [3.05, 3.63) is 65.2 Å². The second-order valence-corrected chi connectivity index (χ2v) is 7.96. The highest BCUT2D eigenvalue weighted by Gasteiger charge is 2.17. The normalized spacial score (nSPS) is 17.0. The Kier molecular flexibility index (Phi) is 7.42. The van der Waals surface area contributed by atoms with Gasteiger partial charge in [-0.05, 0) is 55.1 Å². The maximum atomic E-state index is 12.2. The fraction of sp³-hybridized carbons (Fsp3) is 0.417. The first-order chi connectivity index (χ1) is 14.0. The Morgan fingerprint density at radius 2 is 1.62 bits per heavy atom. The average molecular weight is 394 g/mol. The Morgan fingerprint density at radius 3 is 2.28 bits per heavy atom. The van der Waals surface area contributed by atoms with Gasteiger partial charge in [-0.1, -0.05) is 42.8 Å². The van der Waals surface area contributed by atoms with Crippen molar-refractivity contribution in [1.82, 2.24) is 10.2 Å². The van der Waals surface area contributed by atoms with E-state index in [4.69, 9.17) is 0 Å². The molecule has 1 saturated heterocycles. The number of likely N-dealkylation sites (tertiary alicyclic amines) is 1. The van der Waals surface area contributed by atoms with Crippen LogP contribution in [0.2, 0.25) is 0 Å². The van der Waals surface area contributed by atoms with Gasteiger partial charge in [0.1, 0.15) is 0 Å². The zero-order valence-corrected chi connectivity index (χ0v) is 17.4. The summed E-state index contributed by atoms with van der Waals surface area (Å²) in [6.07, 6.45) is 4.26. The molecule has 0 unspecified atom stereocenters. The number of rotatable bonds is 7. The maximum absolute atomic E-state index is 12.2. The predicted molar refractivity (Wildman–Crippen MR) is 116 cm³/mol. The molecule has 5 heteroatoms. The molecule has 0 saturated carbocycles. The van der Waals surface area contributed by atoms with Crippen molar-refractivity contribution in [1.29, 1.82) is 0 Å². The largest absolute Gasteiger partial charge is 0.352 e. The molecule has 0 spiro atoms. The first-order valence-corrected chi connectivity index (χ1v) is 10.4. The van der Waals surface area contributed by atoms with E-state index >= 15 is 0 Å². The lowest BCUT2D eigenvalue weighted by atomic mass is 10.0. The van der Waals surface area contributed by atoms with E-state index in [-0.39, 0.29) is 11.8 Å². The molecule has 0 aliphatic carbocycles. The van der Waals surface area contributed by atoms with Gasteiger partial charge in [-0.3, -0.25) is 14.5 Å². The Balaban J connectivity index is 1.44. The zero-order valence-electron chi connectivity index (χ0n) is 17.4. The van der Waals surface area contributed by atoms with Crippen LogP contribution in [-0.2, 0) is 29.1 Å². The minimum atomic E-state index is -0.105. The Labute approximate surface area is 173 Å². The quantitative estimate of drug-likeness (QED) is 0.750. The van der Waals surface area contributed by atoms with E-state index in [0.717, 1.165) is 23.4 Å². The van der Waals surface area contributed by atoms with E-state index in [1.807, 2.05) is 24.3 Å². The van der Waals surface area contributed by atoms with Gasteiger partial charge < -0.3 is 10.6 Å². The number of carbonyl (C=O) groups excluding carboxylic acids is 2. The third kappa shape index (κ3) is 6.71. The minimum absolute atomic E-state index is 0.0107. The molecule has 154 valence electrons. The lowest BCUT2D eigenvalue weighted by Gasteiger charge is -2.33. The summed E-state index contributed by atoms with van der Waals surface area (Å²) in [5, 5.41) is 5.71. The fourth-order valence-electron chi connectivity index (χ4n) is 3.75. The lowest BCUT2D eigenvalue weighted by molar-refractivity contribution is -0.120. The summed E-state index contributed by atoms with van der Waals surface area (Å²) < 4.78 is 0. The number of piperidine rings is 1. The smallest absolute Gasteiger partial charge is 0.224 e. The summed E-state index contributed by atoms with van der Waals surface area (Å²) in [6.45, 7) is 6.51. The molecule has 0 bridgehead atoms. The van der Waals surface area contributed by atoms with E-state index in [1.54, 1.807) is 0 Å². The molecule has 1 aliphatic heterocycles. The lowest BCUT2D eigenvalue weighted by Crippen LogP contribution is -2.36. The number of hydrogen-bond donors (Lipinski definition) is 2. The van der Waals surface area contributed by atoms with Gasteiger partial charge in [0.2, 0.25) is 11.8 Å². The van der Waals surface area contributed by atoms with E-state index < -0.39 is 0 Å². The van der Waals surface area contributed by atoms with Crippen LogP contribution in [0.25, 0.3) is 0 Å². The van der Waals surface area contributed by atoms with E-state index in [1.165, 1.54) is 38.3 Å². The van der Waals surface area contributed by atoms with Gasteiger partial charge in [-0.25, -0.2) is 0 Å². The van der Waals surface area contributed by atoms with E-state index in [0.29, 0.717) is 19.0 Å². The van der Waals surface area contributed by atoms with E-state index in [9.17, 15) is 9.59 Å². The molecule has 0 radical (unpaired) electrons. The number of nitrogens with one attached hydrogen (secondary N) is 2. The van der Waals surface area contributed by atoms with Gasteiger partial charge in [0.05, 0.1) is 6.42 Å². The Morgan fingerprint density at radius 1 is 0.966 bits per heavy atom. The molecular weight excluding hydrogens is 362 g/mol. The van der Waals surface area contributed by atoms with Crippen LogP contribution in [0.3, 0.4) is 0 Å². The predicted octanol–water partition coefficient (Wildman–Crippen LogP) is 3.88. The second-order valence-electron chi connectivity index (χ2n) is 7.96. The van der Waals surface area contributed by atoms with E-state index in [2.05, 4.69) is 46.7 Å². The van der Waals surface area contributed by atoms with Crippen LogP contribution in [-0.4, -0.2) is 29.3 Å². The molecule has 5 nitrogen and oxygen atoms in total. The third-order valence-electron chi connectivity index (χ3n) is 5.48. The van der Waals surface area contributed by atoms with Crippen molar-refractivity contribution in [2.75, 3.05) is 11.9 Å². The first kappa shape index (κ1) is 21.1. The maximum Gasteiger partial charge on any atom is 0.224 e. The summed E-state index contributed by atoms with van der Waals surface area (Å²) in [4.78, 5) is 25.8. The van der Waals surface area contributed by atoms with Crippen molar-refractivity contribution >= 4 is 17.5 Å². The van der Waals surface area contributed by atoms with Gasteiger partial charge in [-0.15, -0.1) is 0 Å². The number of nitrogens with zero attached hydrogens (tertiary/aromatic N) is 1. The molecule has 29 heavy (non-hydrogen) atoms. The molecule has 1 fully saturated rings. The van der Waals surface area contributed by atoms with Crippen molar-refractivity contribution < 1.29 is 9.59 Å². The van der Waals surface area contributed by atoms with Crippen molar-refractivity contribution in [3.8, 4) is 0 Å². The average Bonchev–Trinajstić information content (AvgIpc) is 2.70. The van der Waals surface area contributed by atoms with Crippen LogP contribution in [0.1, 0.15) is 49.8 Å². The Hall–Kier alpha value is -2.66. The summed E-state index contributed by atoms with van der Waals surface area (Å²) in [7, 11) is 0. The number of hydrogen-bond acceptors (Lipinski definition) is 3. The summed E-state index contributed by atoms with van der Waals surface area (Å²) in [6, 6.07) is 16.6. The molecule has 2 aromatic carbocycles. The highest BCUT2D eigenvalue weighted by atomic mass is 16.2. The van der Waals surface area contributed by atoms with Gasteiger partial charge in [0.15, 0.2) is 0 Å². The first-order valence-electron chi connectivity index (χ1n) is 10.4. The SMILES string of the molecule is CC(=O)Nc1ccc(CC(=O)NCc2ccc(CN3CCCC[C@@H]3C)cc2)cc1. The fourth-order valence-corrected chi connectivity index (χ4v) is 3.75. The molecule has 2 amide bonds. The second kappa shape index (κ2) is 10.2. The molecule has 1 heterocycles. The van der Waals surface area contributed by atoms with Crippen molar-refractivity contribution in [2.45, 2.75) is 58.7 Å². The number of carbonyl (C=O) groups is 2. The molecule has 3 rings (SSSR count). The molecule has 1 aliphatic rings. The summed E-state index contributed by atoms with van der Waals surface area (Å²) >= 11 is 0. The summed E-state index contributed by atoms with van der Waals surface area (Å²) in [5.74, 6) is -0.115. The van der Waals surface area contributed by atoms with Crippen LogP contribution in [0.15, 0.2) is 48.5 Å². The van der Waals surface area contributed by atoms with Gasteiger partial charge in [-0.2, -0.15) is 0 Å². The molecule has 2 aromatic rings. The van der Waals surface area contributed by atoms with Crippen LogP contribution < -0.4 is 10.6 Å². The van der Waals surface area contributed by atoms with Crippen LogP contribution in [0, 0.1) is 0 Å². The van der Waals surface area contributed by atoms with Crippen LogP contribution in [0.4, 0.5) is 5.69 Å². The molecular formula is C24H31N3O2. The number of anilines is 1. The van der Waals surface area contributed by atoms with Crippen LogP contribution >= 0.6 is 0 Å². The number of benzene rings is 2. The minimum Gasteiger partial charge on any atom is -0.352 e.